The molecule has 0 saturated carbocycles. The van der Waals surface area contributed by atoms with Crippen molar-refractivity contribution in [2.24, 2.45) is 0 Å². The van der Waals surface area contributed by atoms with Crippen LogP contribution in [0.4, 0.5) is 5.69 Å². The molecule has 1 aromatic heterocycles. The van der Waals surface area contributed by atoms with Crippen molar-refractivity contribution in [2.45, 2.75) is 26.4 Å². The van der Waals surface area contributed by atoms with E-state index in [-0.39, 0.29) is 17.9 Å². The lowest BCUT2D eigenvalue weighted by atomic mass is 10.2. The number of hydrogen-bond donors (Lipinski definition) is 0. The Morgan fingerprint density at radius 2 is 1.89 bits per heavy atom. The number of benzene rings is 1. The van der Waals surface area contributed by atoms with Gasteiger partial charge in [-0.1, -0.05) is 25.1 Å². The number of imidazole rings is 1. The maximum Gasteiger partial charge on any atom is 0.328 e. The van der Waals surface area contributed by atoms with Gasteiger partial charge < -0.3 is 0 Å². The third kappa shape index (κ3) is 2.73. The zero-order chi connectivity index (χ0) is 13.8. The second kappa shape index (κ2) is 5.51. The van der Waals surface area contributed by atoms with Crippen LogP contribution in [-0.2, 0) is 13.1 Å². The van der Waals surface area contributed by atoms with Crippen molar-refractivity contribution in [1.29, 1.82) is 0 Å². The van der Waals surface area contributed by atoms with E-state index in [2.05, 4.69) is 0 Å². The highest BCUT2D eigenvalue weighted by atomic mass is 16.6. The summed E-state index contributed by atoms with van der Waals surface area (Å²) in [5.74, 6) is 0. The van der Waals surface area contributed by atoms with E-state index in [0.29, 0.717) is 12.1 Å². The Balaban J connectivity index is 2.32. The van der Waals surface area contributed by atoms with E-state index >= 15 is 0 Å². The van der Waals surface area contributed by atoms with Crippen LogP contribution in [0.15, 0.2) is 41.5 Å². The van der Waals surface area contributed by atoms with E-state index in [9.17, 15) is 14.9 Å². The molecular weight excluding hydrogens is 246 g/mol. The summed E-state index contributed by atoms with van der Waals surface area (Å²) in [5.41, 5.74) is 0.432. The van der Waals surface area contributed by atoms with E-state index in [0.717, 1.165) is 6.42 Å². The molecule has 0 aliphatic heterocycles. The summed E-state index contributed by atoms with van der Waals surface area (Å²) in [6.45, 7) is 2.86. The lowest BCUT2D eigenvalue weighted by Gasteiger charge is -2.03. The molecule has 6 nitrogen and oxygen atoms in total. The lowest BCUT2D eigenvalue weighted by molar-refractivity contribution is -0.385. The Hall–Kier alpha value is -2.37. The first kappa shape index (κ1) is 13.1. The maximum absolute atomic E-state index is 12.0. The Morgan fingerprint density at radius 1 is 1.21 bits per heavy atom. The van der Waals surface area contributed by atoms with E-state index in [1.165, 1.54) is 10.6 Å². The van der Waals surface area contributed by atoms with Crippen LogP contribution in [0, 0.1) is 10.1 Å². The third-order valence-corrected chi connectivity index (χ3v) is 2.91. The van der Waals surface area contributed by atoms with Gasteiger partial charge >= 0.3 is 5.69 Å². The molecule has 19 heavy (non-hydrogen) atoms. The van der Waals surface area contributed by atoms with Gasteiger partial charge in [-0.2, -0.15) is 0 Å². The van der Waals surface area contributed by atoms with Gasteiger partial charge in [0.1, 0.15) is 0 Å². The van der Waals surface area contributed by atoms with Crippen molar-refractivity contribution in [3.63, 3.8) is 0 Å². The van der Waals surface area contributed by atoms with Crippen molar-refractivity contribution >= 4 is 5.69 Å². The predicted molar refractivity (Wildman–Crippen MR) is 71.2 cm³/mol. The van der Waals surface area contributed by atoms with E-state index < -0.39 is 4.92 Å². The molecule has 0 N–H and O–H groups in total. The number of nitro benzene ring substituents is 1. The molecular formula is C13H15N3O3. The highest BCUT2D eigenvalue weighted by molar-refractivity contribution is 5.39. The monoisotopic (exact) mass is 261 g/mol. The van der Waals surface area contributed by atoms with Crippen molar-refractivity contribution < 1.29 is 4.92 Å². The first-order valence-corrected chi connectivity index (χ1v) is 6.11. The highest BCUT2D eigenvalue weighted by Crippen LogP contribution is 2.18. The Labute approximate surface area is 110 Å². The van der Waals surface area contributed by atoms with Gasteiger partial charge in [0.25, 0.3) is 5.69 Å². The molecule has 6 heteroatoms. The van der Waals surface area contributed by atoms with Crippen LogP contribution >= 0.6 is 0 Å². The number of aromatic nitrogens is 2. The molecule has 0 spiro atoms. The molecule has 0 unspecified atom stereocenters. The summed E-state index contributed by atoms with van der Waals surface area (Å²) >= 11 is 0. The van der Waals surface area contributed by atoms with Gasteiger partial charge in [0.15, 0.2) is 0 Å². The molecule has 2 rings (SSSR count). The number of para-hydroxylation sites is 1. The second-order valence-electron chi connectivity index (χ2n) is 4.29. The van der Waals surface area contributed by atoms with E-state index in [1.807, 2.05) is 6.92 Å². The fraction of sp³-hybridized carbons (Fsp3) is 0.308. The fourth-order valence-electron chi connectivity index (χ4n) is 1.99. The summed E-state index contributed by atoms with van der Waals surface area (Å²) in [6.07, 6.45) is 4.24. The zero-order valence-electron chi connectivity index (χ0n) is 10.7. The molecule has 1 aromatic carbocycles. The van der Waals surface area contributed by atoms with Crippen LogP contribution in [0.25, 0.3) is 0 Å². The first-order valence-electron chi connectivity index (χ1n) is 6.11. The van der Waals surface area contributed by atoms with Crippen LogP contribution in [0.1, 0.15) is 18.9 Å². The van der Waals surface area contributed by atoms with E-state index in [1.54, 1.807) is 35.2 Å². The standard InChI is InChI=1S/C13H15N3O3/c1-2-7-14-8-9-15(13(14)17)10-11-5-3-4-6-12(11)16(18)19/h3-6,8-9H,2,7,10H2,1H3. The van der Waals surface area contributed by atoms with Crippen molar-refractivity contribution in [3.05, 3.63) is 62.8 Å². The summed E-state index contributed by atoms with van der Waals surface area (Å²) in [6, 6.07) is 6.47. The summed E-state index contributed by atoms with van der Waals surface area (Å²) in [7, 11) is 0. The summed E-state index contributed by atoms with van der Waals surface area (Å²) < 4.78 is 3.09. The molecule has 1 heterocycles. The van der Waals surface area contributed by atoms with Gasteiger partial charge in [0.2, 0.25) is 0 Å². The van der Waals surface area contributed by atoms with Crippen LogP contribution in [0.3, 0.4) is 0 Å². The second-order valence-corrected chi connectivity index (χ2v) is 4.29. The highest BCUT2D eigenvalue weighted by Gasteiger charge is 2.13. The Morgan fingerprint density at radius 3 is 2.58 bits per heavy atom. The SMILES string of the molecule is CCCn1ccn(Cc2ccccc2[N+](=O)[O-])c1=O. The predicted octanol–water partition coefficient (Wildman–Crippen LogP) is 2.02. The largest absolute Gasteiger partial charge is 0.328 e. The minimum Gasteiger partial charge on any atom is -0.299 e. The number of hydrogen-bond acceptors (Lipinski definition) is 3. The van der Waals surface area contributed by atoms with Crippen LogP contribution in [-0.4, -0.2) is 14.1 Å². The maximum atomic E-state index is 12.0. The average molecular weight is 261 g/mol. The van der Waals surface area contributed by atoms with Gasteiger partial charge in [-0.25, -0.2) is 4.79 Å². The zero-order valence-corrected chi connectivity index (χ0v) is 10.7. The van der Waals surface area contributed by atoms with Gasteiger partial charge in [0, 0.05) is 30.6 Å². The smallest absolute Gasteiger partial charge is 0.299 e. The molecule has 0 amide bonds. The van der Waals surface area contributed by atoms with Gasteiger partial charge in [-0.3, -0.25) is 19.2 Å². The topological polar surface area (TPSA) is 70.1 Å². The van der Waals surface area contributed by atoms with Crippen molar-refractivity contribution in [1.82, 2.24) is 9.13 Å². The van der Waals surface area contributed by atoms with E-state index in [4.69, 9.17) is 0 Å². The molecule has 0 bridgehead atoms. The minimum atomic E-state index is -0.427. The van der Waals surface area contributed by atoms with Crippen LogP contribution in [0.5, 0.6) is 0 Å². The number of rotatable bonds is 5. The Bertz CT molecular complexity index is 643. The molecule has 0 saturated heterocycles. The van der Waals surface area contributed by atoms with Gasteiger partial charge in [-0.15, -0.1) is 0 Å². The lowest BCUT2D eigenvalue weighted by Crippen LogP contribution is -2.24. The van der Waals surface area contributed by atoms with Crippen molar-refractivity contribution in [3.8, 4) is 0 Å². The molecule has 0 aliphatic rings. The molecule has 0 radical (unpaired) electrons. The summed E-state index contributed by atoms with van der Waals surface area (Å²) in [5, 5.41) is 10.9. The van der Waals surface area contributed by atoms with Gasteiger partial charge in [0.05, 0.1) is 11.5 Å². The summed E-state index contributed by atoms with van der Waals surface area (Å²) in [4.78, 5) is 22.5. The number of nitro groups is 1. The molecule has 0 fully saturated rings. The quantitative estimate of drug-likeness (QED) is 0.610. The minimum absolute atomic E-state index is 0.0395. The molecule has 0 aliphatic carbocycles. The van der Waals surface area contributed by atoms with Crippen molar-refractivity contribution in [2.75, 3.05) is 0 Å². The van der Waals surface area contributed by atoms with Gasteiger partial charge in [-0.05, 0) is 6.42 Å². The number of aryl methyl sites for hydroxylation is 1. The first-order chi connectivity index (χ1) is 9.13. The number of nitrogens with zero attached hydrogens (tertiary/aromatic N) is 3. The van der Waals surface area contributed by atoms with Crippen LogP contribution < -0.4 is 5.69 Å². The average Bonchev–Trinajstić information content (AvgIpc) is 2.73. The molecule has 2 aromatic rings. The molecule has 100 valence electrons. The third-order valence-electron chi connectivity index (χ3n) is 2.91. The molecule has 0 atom stereocenters. The normalized spacial score (nSPS) is 10.6. The van der Waals surface area contributed by atoms with Crippen LogP contribution in [0.2, 0.25) is 0 Å². The fourth-order valence-corrected chi connectivity index (χ4v) is 1.99. The Kier molecular flexibility index (Phi) is 3.79.